The lowest BCUT2D eigenvalue weighted by Gasteiger charge is -2.15. The van der Waals surface area contributed by atoms with Crippen molar-refractivity contribution in [3.05, 3.63) is 51.8 Å². The molecule has 1 amide bonds. The monoisotopic (exact) mass is 318 g/mol. The molecule has 1 heterocycles. The van der Waals surface area contributed by atoms with Crippen molar-refractivity contribution < 1.29 is 14.5 Å². The quantitative estimate of drug-likeness (QED) is 0.651. The first-order chi connectivity index (χ1) is 11.0. The second-order valence-corrected chi connectivity index (χ2v) is 4.91. The summed E-state index contributed by atoms with van der Waals surface area (Å²) in [5.74, 6) is -0.282. The lowest BCUT2D eigenvalue weighted by Crippen LogP contribution is -2.28. The Labute approximate surface area is 133 Å². The van der Waals surface area contributed by atoms with Crippen LogP contribution in [0.25, 0.3) is 0 Å². The Hall–Kier alpha value is -2.90. The first kappa shape index (κ1) is 16.5. The highest BCUT2D eigenvalue weighted by atomic mass is 16.6. The maximum atomic E-state index is 12.3. The van der Waals surface area contributed by atoms with E-state index in [1.54, 1.807) is 10.9 Å². The molecule has 0 saturated heterocycles. The summed E-state index contributed by atoms with van der Waals surface area (Å²) < 4.78 is 6.71. The van der Waals surface area contributed by atoms with Crippen molar-refractivity contribution in [1.29, 1.82) is 0 Å². The van der Waals surface area contributed by atoms with E-state index >= 15 is 0 Å². The van der Waals surface area contributed by atoms with E-state index in [2.05, 4.69) is 10.4 Å². The van der Waals surface area contributed by atoms with Crippen molar-refractivity contribution in [3.8, 4) is 5.75 Å². The lowest BCUT2D eigenvalue weighted by molar-refractivity contribution is -0.385. The molecule has 0 spiro atoms. The number of methoxy groups -OCH3 is 1. The predicted molar refractivity (Wildman–Crippen MR) is 83.4 cm³/mol. The third-order valence-corrected chi connectivity index (χ3v) is 3.48. The van der Waals surface area contributed by atoms with Crippen LogP contribution in [0, 0.1) is 10.1 Å². The van der Waals surface area contributed by atoms with Gasteiger partial charge < -0.3 is 10.1 Å². The van der Waals surface area contributed by atoms with Gasteiger partial charge in [0.15, 0.2) is 5.75 Å². The van der Waals surface area contributed by atoms with Gasteiger partial charge in [-0.05, 0) is 32.0 Å². The van der Waals surface area contributed by atoms with Crippen LogP contribution in [0.15, 0.2) is 30.5 Å². The van der Waals surface area contributed by atoms with Gasteiger partial charge in [0, 0.05) is 24.4 Å². The Bertz CT molecular complexity index is 726. The number of amides is 1. The van der Waals surface area contributed by atoms with Gasteiger partial charge in [-0.3, -0.25) is 19.6 Å². The summed E-state index contributed by atoms with van der Waals surface area (Å²) in [4.78, 5) is 22.8. The Morgan fingerprint density at radius 1 is 1.48 bits per heavy atom. The van der Waals surface area contributed by atoms with E-state index in [1.165, 1.54) is 25.3 Å². The van der Waals surface area contributed by atoms with Crippen molar-refractivity contribution in [2.45, 2.75) is 26.4 Å². The molecule has 1 N–H and O–H groups in total. The van der Waals surface area contributed by atoms with Gasteiger partial charge in [-0.1, -0.05) is 0 Å². The Kier molecular flexibility index (Phi) is 4.95. The second kappa shape index (κ2) is 6.91. The predicted octanol–water partition coefficient (Wildman–Crippen LogP) is 2.31. The molecule has 0 radical (unpaired) electrons. The van der Waals surface area contributed by atoms with E-state index < -0.39 is 10.8 Å². The van der Waals surface area contributed by atoms with Crippen LogP contribution in [-0.2, 0) is 6.54 Å². The molecular formula is C15H18N4O4. The summed E-state index contributed by atoms with van der Waals surface area (Å²) in [6, 6.07) is 5.66. The fourth-order valence-electron chi connectivity index (χ4n) is 2.30. The number of carbonyl (C=O) groups is 1. The molecule has 1 aromatic heterocycles. The number of aryl methyl sites for hydroxylation is 1. The summed E-state index contributed by atoms with van der Waals surface area (Å²) in [6.07, 6.45) is 1.67. The number of rotatable bonds is 6. The summed E-state index contributed by atoms with van der Waals surface area (Å²) in [5, 5.41) is 18.0. The van der Waals surface area contributed by atoms with Crippen LogP contribution in [0.1, 0.15) is 35.9 Å². The third kappa shape index (κ3) is 3.47. The molecule has 1 atom stereocenters. The number of hydrogen-bond donors (Lipinski definition) is 1. The number of nitro benzene ring substituents is 1. The minimum atomic E-state index is -0.578. The molecule has 0 fully saturated rings. The first-order valence-electron chi connectivity index (χ1n) is 7.13. The van der Waals surface area contributed by atoms with Crippen molar-refractivity contribution in [3.63, 3.8) is 0 Å². The van der Waals surface area contributed by atoms with E-state index in [4.69, 9.17) is 4.74 Å². The highest BCUT2D eigenvalue weighted by molar-refractivity contribution is 5.95. The average Bonchev–Trinajstić information content (AvgIpc) is 3.02. The molecule has 2 aromatic rings. The number of hydrogen-bond acceptors (Lipinski definition) is 5. The van der Waals surface area contributed by atoms with Crippen LogP contribution < -0.4 is 10.1 Å². The van der Waals surface area contributed by atoms with Crippen molar-refractivity contribution in [2.24, 2.45) is 0 Å². The fraction of sp³-hybridized carbons (Fsp3) is 0.333. The van der Waals surface area contributed by atoms with Gasteiger partial charge in [-0.15, -0.1) is 0 Å². The van der Waals surface area contributed by atoms with E-state index in [-0.39, 0.29) is 23.0 Å². The maximum absolute atomic E-state index is 12.3. The number of benzene rings is 1. The van der Waals surface area contributed by atoms with E-state index in [0.29, 0.717) is 6.54 Å². The van der Waals surface area contributed by atoms with Gasteiger partial charge in [0.05, 0.1) is 23.8 Å². The summed E-state index contributed by atoms with van der Waals surface area (Å²) in [7, 11) is 1.34. The summed E-state index contributed by atoms with van der Waals surface area (Å²) in [6.45, 7) is 4.48. The zero-order valence-corrected chi connectivity index (χ0v) is 13.1. The van der Waals surface area contributed by atoms with Crippen LogP contribution in [0.4, 0.5) is 5.69 Å². The molecular weight excluding hydrogens is 300 g/mol. The standard InChI is InChI=1S/C15H18N4O4/c1-4-18-12(7-8-16-18)10(2)17-15(20)11-5-6-14(23-3)13(9-11)19(21)22/h5-10H,4H2,1-3H3,(H,17,20). The van der Waals surface area contributed by atoms with Crippen LogP contribution in [-0.4, -0.2) is 27.7 Å². The Balaban J connectivity index is 2.21. The average molecular weight is 318 g/mol. The number of nitrogens with zero attached hydrogens (tertiary/aromatic N) is 3. The summed E-state index contributed by atoms with van der Waals surface area (Å²) in [5.41, 5.74) is 0.821. The van der Waals surface area contributed by atoms with Gasteiger partial charge in [0.2, 0.25) is 0 Å². The van der Waals surface area contributed by atoms with Crippen LogP contribution in [0.3, 0.4) is 0 Å². The molecule has 1 aromatic carbocycles. The molecule has 8 heteroatoms. The Morgan fingerprint density at radius 2 is 2.22 bits per heavy atom. The van der Waals surface area contributed by atoms with Crippen molar-refractivity contribution in [2.75, 3.05) is 7.11 Å². The minimum absolute atomic E-state index is 0.114. The van der Waals surface area contributed by atoms with Crippen LogP contribution >= 0.6 is 0 Å². The van der Waals surface area contributed by atoms with Crippen LogP contribution in [0.2, 0.25) is 0 Å². The van der Waals surface area contributed by atoms with Gasteiger partial charge >= 0.3 is 5.69 Å². The number of aromatic nitrogens is 2. The van der Waals surface area contributed by atoms with Gasteiger partial charge in [-0.2, -0.15) is 5.10 Å². The fourth-order valence-corrected chi connectivity index (χ4v) is 2.30. The topological polar surface area (TPSA) is 99.3 Å². The number of ether oxygens (including phenoxy) is 1. The third-order valence-electron chi connectivity index (χ3n) is 3.48. The zero-order chi connectivity index (χ0) is 17.0. The zero-order valence-electron chi connectivity index (χ0n) is 13.1. The molecule has 0 bridgehead atoms. The van der Waals surface area contributed by atoms with Gasteiger partial charge in [0.1, 0.15) is 0 Å². The van der Waals surface area contributed by atoms with E-state index in [9.17, 15) is 14.9 Å². The number of nitro groups is 1. The second-order valence-electron chi connectivity index (χ2n) is 4.91. The molecule has 1 unspecified atom stereocenters. The SMILES string of the molecule is CCn1nccc1C(C)NC(=O)c1ccc(OC)c([N+](=O)[O-])c1. The number of carbonyl (C=O) groups excluding carboxylic acids is 1. The highest BCUT2D eigenvalue weighted by Crippen LogP contribution is 2.27. The van der Waals surface area contributed by atoms with E-state index in [1.807, 2.05) is 19.9 Å². The smallest absolute Gasteiger partial charge is 0.311 e. The highest BCUT2D eigenvalue weighted by Gasteiger charge is 2.20. The van der Waals surface area contributed by atoms with Gasteiger partial charge in [0.25, 0.3) is 5.91 Å². The molecule has 0 aliphatic heterocycles. The molecule has 8 nitrogen and oxygen atoms in total. The van der Waals surface area contributed by atoms with Crippen molar-refractivity contribution in [1.82, 2.24) is 15.1 Å². The molecule has 23 heavy (non-hydrogen) atoms. The maximum Gasteiger partial charge on any atom is 0.311 e. The van der Waals surface area contributed by atoms with Crippen molar-refractivity contribution >= 4 is 11.6 Å². The Morgan fingerprint density at radius 3 is 2.83 bits per heavy atom. The minimum Gasteiger partial charge on any atom is -0.490 e. The molecule has 2 rings (SSSR count). The molecule has 0 saturated carbocycles. The largest absolute Gasteiger partial charge is 0.490 e. The van der Waals surface area contributed by atoms with Crippen LogP contribution in [0.5, 0.6) is 5.75 Å². The van der Waals surface area contributed by atoms with Gasteiger partial charge in [-0.25, -0.2) is 0 Å². The first-order valence-corrected chi connectivity index (χ1v) is 7.13. The molecule has 0 aliphatic rings. The number of nitrogens with one attached hydrogen (secondary N) is 1. The molecule has 0 aliphatic carbocycles. The van der Waals surface area contributed by atoms with E-state index in [0.717, 1.165) is 5.69 Å². The summed E-state index contributed by atoms with van der Waals surface area (Å²) >= 11 is 0. The molecule has 122 valence electrons. The lowest BCUT2D eigenvalue weighted by atomic mass is 10.1. The normalized spacial score (nSPS) is 11.8.